The fourth-order valence-corrected chi connectivity index (χ4v) is 3.62. The minimum Gasteiger partial charge on any atom is -0.466 e. The van der Waals surface area contributed by atoms with Gasteiger partial charge in [-0.15, -0.1) is 0 Å². The van der Waals surface area contributed by atoms with Crippen molar-refractivity contribution in [2.75, 3.05) is 19.8 Å². The van der Waals surface area contributed by atoms with E-state index in [1.165, 1.54) is 0 Å². The van der Waals surface area contributed by atoms with Gasteiger partial charge in [0.1, 0.15) is 0 Å². The van der Waals surface area contributed by atoms with Gasteiger partial charge in [-0.25, -0.2) is 0 Å². The van der Waals surface area contributed by atoms with Crippen LogP contribution in [0.4, 0.5) is 0 Å². The molecule has 0 saturated carbocycles. The molecule has 9 heteroatoms. The van der Waals surface area contributed by atoms with Crippen molar-refractivity contribution >= 4 is 17.9 Å². The quantitative estimate of drug-likeness (QED) is 0.110. The van der Waals surface area contributed by atoms with E-state index >= 15 is 0 Å². The maximum Gasteiger partial charge on any atom is 0.305 e. The largest absolute Gasteiger partial charge is 0.466 e. The summed E-state index contributed by atoms with van der Waals surface area (Å²) in [5.41, 5.74) is 0. The van der Waals surface area contributed by atoms with Gasteiger partial charge in [-0.1, -0.05) is 20.8 Å². The van der Waals surface area contributed by atoms with Crippen LogP contribution < -0.4 is 0 Å². The third kappa shape index (κ3) is 16.9. The van der Waals surface area contributed by atoms with Crippen molar-refractivity contribution < 1.29 is 42.8 Å². The number of carbonyl (C=O) groups is 3. The summed E-state index contributed by atoms with van der Waals surface area (Å²) in [7, 11) is 0. The van der Waals surface area contributed by atoms with Gasteiger partial charge in [0.2, 0.25) is 0 Å². The molecule has 210 valence electrons. The van der Waals surface area contributed by atoms with Crippen LogP contribution in [0.5, 0.6) is 0 Å². The highest BCUT2D eigenvalue weighted by molar-refractivity contribution is 5.69. The third-order valence-corrected chi connectivity index (χ3v) is 5.52. The highest BCUT2D eigenvalue weighted by atomic mass is 16.9. The maximum absolute atomic E-state index is 11.7. The molecule has 9 nitrogen and oxygen atoms in total. The molecule has 0 aromatic heterocycles. The molecule has 1 heterocycles. The second-order valence-corrected chi connectivity index (χ2v) is 9.10. The first-order valence-electron chi connectivity index (χ1n) is 13.9. The molecule has 0 N–H and O–H groups in total. The van der Waals surface area contributed by atoms with E-state index < -0.39 is 18.9 Å². The molecule has 0 spiro atoms. The van der Waals surface area contributed by atoms with E-state index in [-0.39, 0.29) is 17.9 Å². The lowest BCUT2D eigenvalue weighted by Gasteiger charge is -2.36. The summed E-state index contributed by atoms with van der Waals surface area (Å²) in [6, 6.07) is 0. The summed E-state index contributed by atoms with van der Waals surface area (Å²) >= 11 is 0. The van der Waals surface area contributed by atoms with Gasteiger partial charge in [0.25, 0.3) is 0 Å². The molecule has 1 rings (SSSR count). The Bertz CT molecular complexity index is 509. The van der Waals surface area contributed by atoms with Crippen LogP contribution >= 0.6 is 0 Å². The van der Waals surface area contributed by atoms with Crippen molar-refractivity contribution in [2.24, 2.45) is 0 Å². The highest BCUT2D eigenvalue weighted by Gasteiger charge is 2.30. The first kappa shape index (κ1) is 32.3. The van der Waals surface area contributed by atoms with Crippen LogP contribution in [0, 0.1) is 0 Å². The molecular weight excluding hydrogens is 468 g/mol. The van der Waals surface area contributed by atoms with Gasteiger partial charge >= 0.3 is 17.9 Å². The molecule has 0 atom stereocenters. The fraction of sp³-hybridized carbons (Fsp3) is 0.889. The van der Waals surface area contributed by atoms with Crippen molar-refractivity contribution in [3.8, 4) is 0 Å². The number of hydrogen-bond donors (Lipinski definition) is 0. The normalized spacial score (nSPS) is 19.6. The van der Waals surface area contributed by atoms with Crippen LogP contribution in [-0.2, 0) is 42.8 Å². The Morgan fingerprint density at radius 3 is 1.03 bits per heavy atom. The topological polar surface area (TPSA) is 107 Å². The zero-order valence-corrected chi connectivity index (χ0v) is 22.6. The van der Waals surface area contributed by atoms with Crippen LogP contribution in [0.3, 0.4) is 0 Å². The molecule has 0 aromatic rings. The Morgan fingerprint density at radius 2 is 0.778 bits per heavy atom. The highest BCUT2D eigenvalue weighted by Crippen LogP contribution is 2.26. The first-order chi connectivity index (χ1) is 17.5. The Morgan fingerprint density at radius 1 is 0.500 bits per heavy atom. The molecule has 1 saturated heterocycles. The minimum atomic E-state index is -0.413. The Balaban J connectivity index is 2.42. The van der Waals surface area contributed by atoms with Crippen LogP contribution in [0.15, 0.2) is 0 Å². The van der Waals surface area contributed by atoms with E-state index in [9.17, 15) is 14.4 Å². The van der Waals surface area contributed by atoms with Gasteiger partial charge in [-0.3, -0.25) is 14.4 Å². The van der Waals surface area contributed by atoms with Crippen molar-refractivity contribution in [2.45, 2.75) is 136 Å². The van der Waals surface area contributed by atoms with E-state index in [2.05, 4.69) is 0 Å². The maximum atomic E-state index is 11.7. The zero-order valence-electron chi connectivity index (χ0n) is 22.6. The molecule has 0 unspecified atom stereocenters. The molecule has 36 heavy (non-hydrogen) atoms. The summed E-state index contributed by atoms with van der Waals surface area (Å²) in [4.78, 5) is 35.1. The van der Waals surface area contributed by atoms with Crippen molar-refractivity contribution in [1.82, 2.24) is 0 Å². The van der Waals surface area contributed by atoms with Gasteiger partial charge in [0, 0.05) is 19.3 Å². The van der Waals surface area contributed by atoms with E-state index in [0.717, 1.165) is 38.5 Å². The molecule has 0 bridgehead atoms. The van der Waals surface area contributed by atoms with Crippen LogP contribution in [0.1, 0.15) is 117 Å². The van der Waals surface area contributed by atoms with Crippen molar-refractivity contribution in [1.29, 1.82) is 0 Å². The lowest BCUT2D eigenvalue weighted by molar-refractivity contribution is -0.386. The van der Waals surface area contributed by atoms with Gasteiger partial charge in [0.15, 0.2) is 18.9 Å². The van der Waals surface area contributed by atoms with Gasteiger partial charge in [-0.2, -0.15) is 0 Å². The van der Waals surface area contributed by atoms with Crippen LogP contribution in [0.25, 0.3) is 0 Å². The summed E-state index contributed by atoms with van der Waals surface area (Å²) in [5.74, 6) is -0.510. The van der Waals surface area contributed by atoms with E-state index in [1.54, 1.807) is 0 Å². The molecule has 1 aliphatic heterocycles. The fourth-order valence-electron chi connectivity index (χ4n) is 3.62. The van der Waals surface area contributed by atoms with Crippen molar-refractivity contribution in [3.05, 3.63) is 0 Å². The first-order valence-corrected chi connectivity index (χ1v) is 13.9. The lowest BCUT2D eigenvalue weighted by atomic mass is 10.1. The van der Waals surface area contributed by atoms with Gasteiger partial charge < -0.3 is 28.4 Å². The molecule has 0 amide bonds. The Labute approximate surface area is 216 Å². The van der Waals surface area contributed by atoms with E-state index in [1.807, 2.05) is 20.8 Å². The van der Waals surface area contributed by atoms with Crippen LogP contribution in [-0.4, -0.2) is 56.6 Å². The monoisotopic (exact) mass is 516 g/mol. The standard InChI is InChI=1S/C27H48O9/c1-4-19-31-22(28)13-7-10-16-25-34-26(17-11-8-14-23(29)32-20-5-2)36-27(35-25)18-12-9-15-24(30)33-21-6-3/h25-27H,4-21H2,1-3H3. The predicted molar refractivity (Wildman–Crippen MR) is 134 cm³/mol. The number of ether oxygens (including phenoxy) is 6. The number of rotatable bonds is 21. The molecule has 1 fully saturated rings. The number of hydrogen-bond acceptors (Lipinski definition) is 9. The van der Waals surface area contributed by atoms with Crippen molar-refractivity contribution in [3.63, 3.8) is 0 Å². The average molecular weight is 517 g/mol. The smallest absolute Gasteiger partial charge is 0.305 e. The van der Waals surface area contributed by atoms with Gasteiger partial charge in [-0.05, 0) is 77.0 Å². The summed E-state index contributed by atoms with van der Waals surface area (Å²) in [5, 5.41) is 0. The minimum absolute atomic E-state index is 0.170. The second-order valence-electron chi connectivity index (χ2n) is 9.10. The van der Waals surface area contributed by atoms with Crippen LogP contribution in [0.2, 0.25) is 0 Å². The molecule has 0 aromatic carbocycles. The average Bonchev–Trinajstić information content (AvgIpc) is 2.87. The molecule has 1 aliphatic rings. The van der Waals surface area contributed by atoms with E-state index in [4.69, 9.17) is 28.4 Å². The number of unbranched alkanes of at least 4 members (excludes halogenated alkanes) is 3. The second kappa shape index (κ2) is 21.4. The molecular formula is C27H48O9. The molecule has 0 aliphatic carbocycles. The Hall–Kier alpha value is -1.71. The zero-order chi connectivity index (χ0) is 26.4. The number of carbonyl (C=O) groups excluding carboxylic acids is 3. The SMILES string of the molecule is CCCOC(=O)CCCCC1OC(CCCCC(=O)OCCC)OC(CCCCC(=O)OCCC)O1. The van der Waals surface area contributed by atoms with Gasteiger partial charge in [0.05, 0.1) is 19.8 Å². The summed E-state index contributed by atoms with van der Waals surface area (Å²) in [6.45, 7) is 7.28. The van der Waals surface area contributed by atoms with E-state index in [0.29, 0.717) is 77.6 Å². The number of esters is 3. The predicted octanol–water partition coefficient (Wildman–Crippen LogP) is 5.57. The third-order valence-electron chi connectivity index (χ3n) is 5.52. The molecule has 0 radical (unpaired) electrons. The lowest BCUT2D eigenvalue weighted by Crippen LogP contribution is -2.40. The summed E-state index contributed by atoms with van der Waals surface area (Å²) < 4.78 is 33.3. The Kier molecular flexibility index (Phi) is 19.2. The summed E-state index contributed by atoms with van der Waals surface area (Å²) in [6.07, 6.45) is 8.80.